The zero-order valence-electron chi connectivity index (χ0n) is 10.6. The van der Waals surface area contributed by atoms with E-state index in [0.29, 0.717) is 18.9 Å². The number of aliphatic hydroxyl groups excluding tert-OH is 1. The molecule has 5 heteroatoms. The SMILES string of the molecule is CC(CO)CNC(C)COc1ccc(F)c(F)c1. The summed E-state index contributed by atoms with van der Waals surface area (Å²) in [7, 11) is 0. The van der Waals surface area contributed by atoms with Crippen LogP contribution in [0.2, 0.25) is 0 Å². The largest absolute Gasteiger partial charge is 0.492 e. The fourth-order valence-corrected chi connectivity index (χ4v) is 1.31. The molecule has 3 nitrogen and oxygen atoms in total. The summed E-state index contributed by atoms with van der Waals surface area (Å²) in [5.74, 6) is -1.32. The molecule has 0 radical (unpaired) electrons. The first-order valence-corrected chi connectivity index (χ1v) is 5.95. The fraction of sp³-hybridized carbons (Fsp3) is 0.538. The quantitative estimate of drug-likeness (QED) is 0.786. The Morgan fingerprint density at radius 2 is 2.00 bits per heavy atom. The Morgan fingerprint density at radius 1 is 1.28 bits per heavy atom. The molecule has 102 valence electrons. The lowest BCUT2D eigenvalue weighted by Crippen LogP contribution is -2.35. The van der Waals surface area contributed by atoms with Crippen LogP contribution >= 0.6 is 0 Å². The molecule has 2 N–H and O–H groups in total. The van der Waals surface area contributed by atoms with Crippen LogP contribution in [0.1, 0.15) is 13.8 Å². The first kappa shape index (κ1) is 14.9. The molecule has 1 aromatic rings. The smallest absolute Gasteiger partial charge is 0.162 e. The Morgan fingerprint density at radius 3 is 2.61 bits per heavy atom. The van der Waals surface area contributed by atoms with Gasteiger partial charge in [0.1, 0.15) is 12.4 Å². The number of hydrogen-bond donors (Lipinski definition) is 2. The van der Waals surface area contributed by atoms with Gasteiger partial charge in [0.15, 0.2) is 11.6 Å². The van der Waals surface area contributed by atoms with Crippen LogP contribution in [0.3, 0.4) is 0 Å². The van der Waals surface area contributed by atoms with Gasteiger partial charge in [0.25, 0.3) is 0 Å². The zero-order chi connectivity index (χ0) is 13.5. The van der Waals surface area contributed by atoms with Gasteiger partial charge in [-0.2, -0.15) is 0 Å². The summed E-state index contributed by atoms with van der Waals surface area (Å²) in [5, 5.41) is 12.0. The molecule has 0 aliphatic heterocycles. The minimum absolute atomic E-state index is 0.0621. The average Bonchev–Trinajstić information content (AvgIpc) is 2.37. The van der Waals surface area contributed by atoms with Crippen LogP contribution in [0, 0.1) is 17.6 Å². The van der Waals surface area contributed by atoms with Crippen LogP contribution in [0.25, 0.3) is 0 Å². The molecule has 0 aromatic heterocycles. The van der Waals surface area contributed by atoms with Gasteiger partial charge in [-0.25, -0.2) is 8.78 Å². The van der Waals surface area contributed by atoms with Crippen LogP contribution in [0.4, 0.5) is 8.78 Å². The van der Waals surface area contributed by atoms with Crippen molar-refractivity contribution in [3.8, 4) is 5.75 Å². The van der Waals surface area contributed by atoms with Crippen molar-refractivity contribution in [3.05, 3.63) is 29.8 Å². The van der Waals surface area contributed by atoms with Crippen molar-refractivity contribution in [1.82, 2.24) is 5.32 Å². The second-order valence-electron chi connectivity index (χ2n) is 4.48. The summed E-state index contributed by atoms with van der Waals surface area (Å²) in [4.78, 5) is 0. The Balaban J connectivity index is 2.33. The van der Waals surface area contributed by atoms with E-state index in [1.165, 1.54) is 6.07 Å². The van der Waals surface area contributed by atoms with Crippen molar-refractivity contribution >= 4 is 0 Å². The molecule has 18 heavy (non-hydrogen) atoms. The number of rotatable bonds is 7. The van der Waals surface area contributed by atoms with E-state index in [2.05, 4.69) is 5.32 Å². The summed E-state index contributed by atoms with van der Waals surface area (Å²) < 4.78 is 30.9. The van der Waals surface area contributed by atoms with Crippen molar-refractivity contribution in [3.63, 3.8) is 0 Å². The van der Waals surface area contributed by atoms with Crippen molar-refractivity contribution in [2.24, 2.45) is 5.92 Å². The molecule has 0 heterocycles. The summed E-state index contributed by atoms with van der Waals surface area (Å²) in [6.07, 6.45) is 0. The monoisotopic (exact) mass is 259 g/mol. The van der Waals surface area contributed by atoms with Crippen LogP contribution in [-0.2, 0) is 0 Å². The summed E-state index contributed by atoms with van der Waals surface area (Å²) in [6.45, 7) is 5.01. The van der Waals surface area contributed by atoms with Gasteiger partial charge in [0.2, 0.25) is 0 Å². The maximum Gasteiger partial charge on any atom is 0.162 e. The maximum atomic E-state index is 12.9. The van der Waals surface area contributed by atoms with E-state index in [4.69, 9.17) is 9.84 Å². The highest BCUT2D eigenvalue weighted by Crippen LogP contribution is 2.15. The van der Waals surface area contributed by atoms with Gasteiger partial charge >= 0.3 is 0 Å². The molecule has 2 unspecified atom stereocenters. The van der Waals surface area contributed by atoms with Gasteiger partial charge in [0, 0.05) is 25.3 Å². The van der Waals surface area contributed by atoms with E-state index in [1.54, 1.807) is 0 Å². The number of hydrogen-bond acceptors (Lipinski definition) is 3. The van der Waals surface area contributed by atoms with Crippen LogP contribution in [-0.4, -0.2) is 30.9 Å². The third kappa shape index (κ3) is 4.98. The lowest BCUT2D eigenvalue weighted by Gasteiger charge is -2.17. The molecule has 0 amide bonds. The Kier molecular flexibility index (Phi) is 6.01. The topological polar surface area (TPSA) is 41.5 Å². The normalized spacial score (nSPS) is 14.3. The highest BCUT2D eigenvalue weighted by molar-refractivity contribution is 5.23. The third-order valence-corrected chi connectivity index (χ3v) is 2.52. The molecule has 1 aromatic carbocycles. The fourth-order valence-electron chi connectivity index (χ4n) is 1.31. The highest BCUT2D eigenvalue weighted by atomic mass is 19.2. The number of nitrogens with one attached hydrogen (secondary N) is 1. The van der Waals surface area contributed by atoms with Crippen molar-refractivity contribution < 1.29 is 18.6 Å². The maximum absolute atomic E-state index is 12.9. The van der Waals surface area contributed by atoms with Crippen molar-refractivity contribution in [2.45, 2.75) is 19.9 Å². The molecular weight excluding hydrogens is 240 g/mol. The van der Waals surface area contributed by atoms with Crippen molar-refractivity contribution in [2.75, 3.05) is 19.8 Å². The van der Waals surface area contributed by atoms with Gasteiger partial charge in [-0.15, -0.1) is 0 Å². The summed E-state index contributed by atoms with van der Waals surface area (Å²) in [6, 6.07) is 3.52. The molecule has 0 aliphatic rings. The summed E-state index contributed by atoms with van der Waals surface area (Å²) in [5.41, 5.74) is 0. The molecular formula is C13H19F2NO2. The second-order valence-corrected chi connectivity index (χ2v) is 4.48. The van der Waals surface area contributed by atoms with E-state index < -0.39 is 11.6 Å². The lowest BCUT2D eigenvalue weighted by atomic mass is 10.2. The first-order chi connectivity index (χ1) is 8.52. The van der Waals surface area contributed by atoms with E-state index in [1.807, 2.05) is 13.8 Å². The van der Waals surface area contributed by atoms with Gasteiger partial charge in [0.05, 0.1) is 0 Å². The Bertz CT molecular complexity index is 374. The predicted molar refractivity (Wildman–Crippen MR) is 65.6 cm³/mol. The minimum Gasteiger partial charge on any atom is -0.492 e. The van der Waals surface area contributed by atoms with E-state index in [-0.39, 0.29) is 18.6 Å². The molecule has 0 saturated heterocycles. The van der Waals surface area contributed by atoms with Crippen molar-refractivity contribution in [1.29, 1.82) is 0 Å². The third-order valence-electron chi connectivity index (χ3n) is 2.52. The second kappa shape index (κ2) is 7.28. The zero-order valence-corrected chi connectivity index (χ0v) is 10.6. The molecule has 0 aliphatic carbocycles. The highest BCUT2D eigenvalue weighted by Gasteiger charge is 2.07. The minimum atomic E-state index is -0.915. The number of halogens is 2. The molecule has 0 spiro atoms. The standard InChI is InChI=1S/C13H19F2NO2/c1-9(7-17)6-16-10(2)8-18-11-3-4-12(14)13(15)5-11/h3-5,9-10,16-17H,6-8H2,1-2H3. The van der Waals surface area contributed by atoms with Crippen LogP contribution in [0.15, 0.2) is 18.2 Å². The average molecular weight is 259 g/mol. The van der Waals surface area contributed by atoms with E-state index >= 15 is 0 Å². The number of benzene rings is 1. The molecule has 2 atom stereocenters. The van der Waals surface area contributed by atoms with E-state index in [0.717, 1.165) is 12.1 Å². The summed E-state index contributed by atoms with van der Waals surface area (Å²) >= 11 is 0. The van der Waals surface area contributed by atoms with Gasteiger partial charge in [-0.1, -0.05) is 6.92 Å². The predicted octanol–water partition coefficient (Wildman–Crippen LogP) is 1.95. The lowest BCUT2D eigenvalue weighted by molar-refractivity contribution is 0.219. The van der Waals surface area contributed by atoms with Gasteiger partial charge in [-0.3, -0.25) is 0 Å². The Labute approximate surface area is 106 Å². The molecule has 1 rings (SSSR count). The van der Waals surface area contributed by atoms with E-state index in [9.17, 15) is 8.78 Å². The Hall–Kier alpha value is -1.20. The number of aliphatic hydroxyl groups is 1. The molecule has 0 bridgehead atoms. The van der Waals surface area contributed by atoms with Crippen LogP contribution < -0.4 is 10.1 Å². The van der Waals surface area contributed by atoms with Gasteiger partial charge in [-0.05, 0) is 25.0 Å². The molecule has 0 saturated carbocycles. The molecule has 0 fully saturated rings. The number of ether oxygens (including phenoxy) is 1. The van der Waals surface area contributed by atoms with Gasteiger partial charge < -0.3 is 15.2 Å². The van der Waals surface area contributed by atoms with Crippen LogP contribution in [0.5, 0.6) is 5.75 Å². The first-order valence-electron chi connectivity index (χ1n) is 5.95.